The van der Waals surface area contributed by atoms with Crippen molar-refractivity contribution in [3.8, 4) is 0 Å². The van der Waals surface area contributed by atoms with Gasteiger partial charge >= 0.3 is 17.9 Å². The molecule has 0 saturated carbocycles. The lowest BCUT2D eigenvalue weighted by Gasteiger charge is -2.28. The maximum Gasteiger partial charge on any atom is 0.303 e. The number of aliphatic hydroxyl groups is 4. The summed E-state index contributed by atoms with van der Waals surface area (Å²) in [7, 11) is 0. The van der Waals surface area contributed by atoms with E-state index in [0.717, 1.165) is 52.4 Å². The molecule has 2 heterocycles. The number of rotatable bonds is 17. The molecule has 14 nitrogen and oxygen atoms in total. The highest BCUT2D eigenvalue weighted by atomic mass is 16.7. The first-order chi connectivity index (χ1) is 19.0. The van der Waals surface area contributed by atoms with Crippen molar-refractivity contribution in [1.29, 1.82) is 0 Å². The third-order valence-electron chi connectivity index (χ3n) is 6.52. The molecule has 14 heteroatoms. The van der Waals surface area contributed by atoms with Gasteiger partial charge in [-0.1, -0.05) is 39.0 Å². The smallest absolute Gasteiger partial charge is 0.303 e. The van der Waals surface area contributed by atoms with Crippen LogP contribution in [0.2, 0.25) is 0 Å². The van der Waals surface area contributed by atoms with Crippen molar-refractivity contribution in [2.24, 2.45) is 0 Å². The van der Waals surface area contributed by atoms with E-state index in [-0.39, 0.29) is 6.61 Å². The molecule has 2 aliphatic rings. The van der Waals surface area contributed by atoms with Gasteiger partial charge in [0, 0.05) is 27.4 Å². The molecule has 0 aromatic rings. The Hall–Kier alpha value is -1.91. The van der Waals surface area contributed by atoms with Crippen LogP contribution in [0.25, 0.3) is 0 Å². The molecular formula is C26H44O14. The highest BCUT2D eigenvalue weighted by molar-refractivity contribution is 5.68. The van der Waals surface area contributed by atoms with Crippen molar-refractivity contribution >= 4 is 17.9 Å². The summed E-state index contributed by atoms with van der Waals surface area (Å²) in [6.07, 6.45) is -7.41. The molecule has 10 atom stereocenters. The zero-order chi connectivity index (χ0) is 29.8. The molecule has 232 valence electrons. The van der Waals surface area contributed by atoms with Gasteiger partial charge in [0.1, 0.15) is 30.5 Å². The Labute approximate surface area is 233 Å². The maximum absolute atomic E-state index is 12.0. The first-order valence-electron chi connectivity index (χ1n) is 13.7. The topological polar surface area (TPSA) is 197 Å². The van der Waals surface area contributed by atoms with Crippen LogP contribution in [0.15, 0.2) is 0 Å². The van der Waals surface area contributed by atoms with E-state index in [4.69, 9.17) is 38.3 Å². The minimum atomic E-state index is -1.60. The predicted octanol–water partition coefficient (Wildman–Crippen LogP) is -0.300. The fourth-order valence-electron chi connectivity index (χ4n) is 4.64. The van der Waals surface area contributed by atoms with Crippen molar-refractivity contribution in [2.75, 3.05) is 19.8 Å². The van der Waals surface area contributed by atoms with E-state index in [1.54, 1.807) is 0 Å². The quantitative estimate of drug-likeness (QED) is 0.0994. The highest BCUT2D eigenvalue weighted by Crippen LogP contribution is 2.32. The molecule has 0 aromatic carbocycles. The number of hydrogen-bond donors (Lipinski definition) is 4. The molecule has 2 saturated heterocycles. The molecule has 0 amide bonds. The molecule has 2 unspecified atom stereocenters. The number of carbonyl (C=O) groups excluding carboxylic acids is 3. The van der Waals surface area contributed by atoms with Crippen LogP contribution in [0.4, 0.5) is 0 Å². The van der Waals surface area contributed by atoms with Crippen LogP contribution < -0.4 is 0 Å². The van der Waals surface area contributed by atoms with Crippen LogP contribution in [0, 0.1) is 0 Å². The van der Waals surface area contributed by atoms with Crippen molar-refractivity contribution in [1.82, 2.24) is 0 Å². The lowest BCUT2D eigenvalue weighted by atomic mass is 10.1. The van der Waals surface area contributed by atoms with E-state index in [1.807, 2.05) is 0 Å². The average molecular weight is 581 g/mol. The van der Waals surface area contributed by atoms with Gasteiger partial charge in [-0.2, -0.15) is 0 Å². The molecular weight excluding hydrogens is 536 g/mol. The molecule has 2 aliphatic heterocycles. The van der Waals surface area contributed by atoms with Gasteiger partial charge in [0.2, 0.25) is 0 Å². The lowest BCUT2D eigenvalue weighted by molar-refractivity contribution is -0.220. The molecule has 2 rings (SSSR count). The lowest BCUT2D eigenvalue weighted by Crippen LogP contribution is -2.47. The number of hydrogen-bond acceptors (Lipinski definition) is 14. The van der Waals surface area contributed by atoms with E-state index < -0.39 is 92.5 Å². The Kier molecular flexibility index (Phi) is 14.7. The zero-order valence-electron chi connectivity index (χ0n) is 23.5. The summed E-state index contributed by atoms with van der Waals surface area (Å²) in [5.41, 5.74) is 0. The number of carbonyl (C=O) groups is 3. The first kappa shape index (κ1) is 34.3. The van der Waals surface area contributed by atoms with Crippen molar-refractivity contribution in [3.05, 3.63) is 0 Å². The summed E-state index contributed by atoms with van der Waals surface area (Å²) >= 11 is 0. The first-order valence-corrected chi connectivity index (χ1v) is 13.7. The molecule has 0 aromatic heterocycles. The van der Waals surface area contributed by atoms with Gasteiger partial charge in [0.15, 0.2) is 30.9 Å². The average Bonchev–Trinajstić information content (AvgIpc) is 3.36. The van der Waals surface area contributed by atoms with Crippen LogP contribution >= 0.6 is 0 Å². The van der Waals surface area contributed by atoms with Gasteiger partial charge < -0.3 is 53.6 Å². The van der Waals surface area contributed by atoms with E-state index >= 15 is 0 Å². The fourth-order valence-corrected chi connectivity index (χ4v) is 4.64. The monoisotopic (exact) mass is 580 g/mol. The number of unbranched alkanes of at least 4 members (excludes halogenated alkanes) is 5. The standard InChI is InChI=1S/C26H44O14/c1-5-6-7-8-9-10-11-34-26-24(38-16(4)30)23(37-15(3)29)22(40-26)18(36-14(2)28)13-35-25-20(33)19(32)21(39-25)17(31)12-27/h17-27,31-33H,5-13H2,1-4H3/t17-,18?,19-,20-,21+,22?,23+,24-,25-,26-/m1/s1. The minimum Gasteiger partial charge on any atom is -0.457 e. The molecule has 0 spiro atoms. The Morgan fingerprint density at radius 3 is 1.98 bits per heavy atom. The van der Waals surface area contributed by atoms with E-state index in [0.29, 0.717) is 0 Å². The molecule has 40 heavy (non-hydrogen) atoms. The fraction of sp³-hybridized carbons (Fsp3) is 0.885. The second kappa shape index (κ2) is 17.1. The van der Waals surface area contributed by atoms with Crippen molar-refractivity contribution in [2.45, 2.75) is 128 Å². The predicted molar refractivity (Wildman–Crippen MR) is 134 cm³/mol. The number of esters is 3. The van der Waals surface area contributed by atoms with E-state index in [9.17, 15) is 29.7 Å². The third-order valence-corrected chi connectivity index (χ3v) is 6.52. The van der Waals surface area contributed by atoms with Crippen LogP contribution in [0.3, 0.4) is 0 Å². The SMILES string of the molecule is CCCCCCCCO[C@@H]1OC(C(CO[C@@H]2O[C@@H]([C@H](O)CO)[C@H](O)[C@H]2O)OC(C)=O)[C@H](OC(C)=O)[C@H]1OC(C)=O. The second-order valence-corrected chi connectivity index (χ2v) is 9.94. The summed E-state index contributed by atoms with van der Waals surface area (Å²) in [4.78, 5) is 35.8. The van der Waals surface area contributed by atoms with Gasteiger partial charge in [-0.05, 0) is 6.42 Å². The Morgan fingerprint density at radius 2 is 1.38 bits per heavy atom. The van der Waals surface area contributed by atoms with Crippen LogP contribution in [-0.2, 0) is 47.5 Å². The van der Waals surface area contributed by atoms with E-state index in [2.05, 4.69) is 6.92 Å². The van der Waals surface area contributed by atoms with Gasteiger partial charge in [-0.25, -0.2) is 0 Å². The summed E-state index contributed by atoms with van der Waals surface area (Å²) < 4.78 is 39.0. The Balaban J connectivity index is 2.17. The van der Waals surface area contributed by atoms with Gasteiger partial charge in [0.05, 0.1) is 13.2 Å². The van der Waals surface area contributed by atoms with Gasteiger partial charge in [-0.15, -0.1) is 0 Å². The summed E-state index contributed by atoms with van der Waals surface area (Å²) in [6.45, 7) is 4.67. The molecule has 0 bridgehead atoms. The third kappa shape index (κ3) is 10.2. The molecule has 0 aliphatic carbocycles. The zero-order valence-corrected chi connectivity index (χ0v) is 23.5. The number of ether oxygens (including phenoxy) is 7. The van der Waals surface area contributed by atoms with Crippen molar-refractivity contribution < 1.29 is 68.0 Å². The van der Waals surface area contributed by atoms with E-state index in [1.165, 1.54) is 6.92 Å². The normalized spacial score (nSPS) is 31.5. The molecule has 2 fully saturated rings. The van der Waals surface area contributed by atoms with Gasteiger partial charge in [0.25, 0.3) is 0 Å². The molecule has 0 radical (unpaired) electrons. The summed E-state index contributed by atoms with van der Waals surface area (Å²) in [5.74, 6) is -2.13. The summed E-state index contributed by atoms with van der Waals surface area (Å²) in [6, 6.07) is 0. The Morgan fingerprint density at radius 1 is 0.775 bits per heavy atom. The van der Waals surface area contributed by atoms with Crippen LogP contribution in [-0.4, -0.2) is 120 Å². The second-order valence-electron chi connectivity index (χ2n) is 9.94. The van der Waals surface area contributed by atoms with Gasteiger partial charge in [-0.3, -0.25) is 14.4 Å². The number of aliphatic hydroxyl groups excluding tert-OH is 4. The largest absolute Gasteiger partial charge is 0.457 e. The maximum atomic E-state index is 12.0. The summed E-state index contributed by atoms with van der Waals surface area (Å²) in [5, 5.41) is 39.4. The Bertz CT molecular complexity index is 793. The molecule has 4 N–H and O–H groups in total. The van der Waals surface area contributed by atoms with Crippen molar-refractivity contribution in [3.63, 3.8) is 0 Å². The highest BCUT2D eigenvalue weighted by Gasteiger charge is 2.54. The van der Waals surface area contributed by atoms with Crippen LogP contribution in [0.1, 0.15) is 66.2 Å². The van der Waals surface area contributed by atoms with Crippen LogP contribution in [0.5, 0.6) is 0 Å². The minimum absolute atomic E-state index is 0.275.